The van der Waals surface area contributed by atoms with E-state index >= 15 is 0 Å². The molecule has 0 atom stereocenters. The molecule has 1 nitrogen and oxygen atoms in total. The van der Waals surface area contributed by atoms with Crippen LogP contribution in [0.1, 0.15) is 11.1 Å². The second-order valence-electron chi connectivity index (χ2n) is 3.97. The smallest absolute Gasteiger partial charge is 0.0465 e. The average Bonchev–Trinajstić information content (AvgIpc) is 2.34. The quantitative estimate of drug-likeness (QED) is 0.788. The van der Waals surface area contributed by atoms with Crippen LogP contribution in [-0.2, 0) is 13.1 Å². The molecule has 18 heavy (non-hydrogen) atoms. The summed E-state index contributed by atoms with van der Waals surface area (Å²) >= 11 is 16.4. The van der Waals surface area contributed by atoms with Crippen molar-refractivity contribution in [3.05, 3.63) is 63.6 Å². The lowest BCUT2D eigenvalue weighted by atomic mass is 10.2. The van der Waals surface area contributed by atoms with Gasteiger partial charge in [0.1, 0.15) is 0 Å². The highest BCUT2D eigenvalue weighted by Gasteiger charge is 2.02. The zero-order valence-corrected chi connectivity index (χ0v) is 12.1. The lowest BCUT2D eigenvalue weighted by molar-refractivity contribution is 0.686. The Morgan fingerprint density at radius 2 is 1.67 bits per heavy atom. The summed E-state index contributed by atoms with van der Waals surface area (Å²) in [4.78, 5) is 0.993. The van der Waals surface area contributed by atoms with Gasteiger partial charge in [-0.2, -0.15) is 0 Å². The molecule has 2 aromatic rings. The van der Waals surface area contributed by atoms with Gasteiger partial charge >= 0.3 is 0 Å². The molecule has 0 saturated heterocycles. The third-order valence-electron chi connectivity index (χ3n) is 2.64. The minimum atomic E-state index is 0.657. The number of benzene rings is 2. The molecular formula is C14H13Cl2NS. The van der Waals surface area contributed by atoms with Crippen molar-refractivity contribution < 1.29 is 0 Å². The van der Waals surface area contributed by atoms with Crippen LogP contribution in [0.25, 0.3) is 0 Å². The van der Waals surface area contributed by atoms with Crippen LogP contribution in [0.2, 0.25) is 10.0 Å². The largest absolute Gasteiger partial charge is 0.309 e. The standard InChI is InChI=1S/C14H13Cl2NS/c15-12-6-5-10(13(16)7-12)8-17-9-11-3-1-2-4-14(11)18/h1-7,17-18H,8-9H2. The molecule has 0 aliphatic carbocycles. The van der Waals surface area contributed by atoms with E-state index in [1.165, 1.54) is 5.56 Å². The van der Waals surface area contributed by atoms with E-state index in [4.69, 9.17) is 23.2 Å². The minimum Gasteiger partial charge on any atom is -0.309 e. The van der Waals surface area contributed by atoms with E-state index in [9.17, 15) is 0 Å². The van der Waals surface area contributed by atoms with Crippen molar-refractivity contribution in [2.75, 3.05) is 0 Å². The van der Waals surface area contributed by atoms with Gasteiger partial charge in [-0.1, -0.05) is 47.5 Å². The molecule has 0 bridgehead atoms. The number of hydrogen-bond acceptors (Lipinski definition) is 2. The Balaban J connectivity index is 1.95. The van der Waals surface area contributed by atoms with Crippen LogP contribution >= 0.6 is 35.8 Å². The Labute approximate surface area is 123 Å². The lowest BCUT2D eigenvalue weighted by Crippen LogP contribution is -2.13. The maximum absolute atomic E-state index is 6.10. The van der Waals surface area contributed by atoms with Crippen LogP contribution in [0.4, 0.5) is 0 Å². The molecule has 0 spiro atoms. The fraction of sp³-hybridized carbons (Fsp3) is 0.143. The molecule has 2 rings (SSSR count). The van der Waals surface area contributed by atoms with Gasteiger partial charge in [-0.05, 0) is 29.3 Å². The van der Waals surface area contributed by atoms with Crippen LogP contribution in [0.5, 0.6) is 0 Å². The molecule has 2 aromatic carbocycles. The van der Waals surface area contributed by atoms with Gasteiger partial charge in [0, 0.05) is 28.0 Å². The highest BCUT2D eigenvalue weighted by molar-refractivity contribution is 7.80. The number of hydrogen-bond donors (Lipinski definition) is 2. The van der Waals surface area contributed by atoms with Gasteiger partial charge in [0.2, 0.25) is 0 Å². The average molecular weight is 298 g/mol. The third kappa shape index (κ3) is 3.66. The first-order chi connectivity index (χ1) is 8.66. The topological polar surface area (TPSA) is 12.0 Å². The normalized spacial score (nSPS) is 10.6. The highest BCUT2D eigenvalue weighted by Crippen LogP contribution is 2.21. The fourth-order valence-corrected chi connectivity index (χ4v) is 2.37. The predicted octanol–water partition coefficient (Wildman–Crippen LogP) is 4.57. The van der Waals surface area contributed by atoms with Gasteiger partial charge < -0.3 is 5.32 Å². The molecule has 1 N–H and O–H groups in total. The van der Waals surface area contributed by atoms with E-state index in [1.807, 2.05) is 30.3 Å². The predicted molar refractivity (Wildman–Crippen MR) is 80.7 cm³/mol. The SMILES string of the molecule is Sc1ccccc1CNCc1ccc(Cl)cc1Cl. The van der Waals surface area contributed by atoms with Crippen molar-refractivity contribution in [1.29, 1.82) is 0 Å². The molecule has 0 aromatic heterocycles. The van der Waals surface area contributed by atoms with Gasteiger partial charge in [0.05, 0.1) is 0 Å². The van der Waals surface area contributed by atoms with Gasteiger partial charge in [-0.15, -0.1) is 12.6 Å². The zero-order valence-electron chi connectivity index (χ0n) is 9.66. The van der Waals surface area contributed by atoms with Gasteiger partial charge in [-0.3, -0.25) is 0 Å². The van der Waals surface area contributed by atoms with Gasteiger partial charge in [0.25, 0.3) is 0 Å². The Bertz CT molecular complexity index is 543. The Morgan fingerprint density at radius 1 is 0.944 bits per heavy atom. The van der Waals surface area contributed by atoms with Crippen LogP contribution in [-0.4, -0.2) is 0 Å². The second kappa shape index (κ2) is 6.48. The molecule has 0 unspecified atom stereocenters. The monoisotopic (exact) mass is 297 g/mol. The van der Waals surface area contributed by atoms with Crippen molar-refractivity contribution in [3.63, 3.8) is 0 Å². The summed E-state index contributed by atoms with van der Waals surface area (Å²) in [7, 11) is 0. The van der Waals surface area contributed by atoms with E-state index in [0.717, 1.165) is 17.0 Å². The maximum Gasteiger partial charge on any atom is 0.0465 e. The first kappa shape index (κ1) is 13.8. The van der Waals surface area contributed by atoms with E-state index in [0.29, 0.717) is 16.6 Å². The Kier molecular flexibility index (Phi) is 4.95. The summed E-state index contributed by atoms with van der Waals surface area (Å²) in [5.74, 6) is 0. The van der Waals surface area contributed by atoms with Crippen LogP contribution in [0.15, 0.2) is 47.4 Å². The molecule has 0 fully saturated rings. The van der Waals surface area contributed by atoms with E-state index in [2.05, 4.69) is 24.0 Å². The van der Waals surface area contributed by atoms with Crippen LogP contribution < -0.4 is 5.32 Å². The molecule has 0 heterocycles. The fourth-order valence-electron chi connectivity index (χ4n) is 1.66. The van der Waals surface area contributed by atoms with E-state index in [1.54, 1.807) is 6.07 Å². The van der Waals surface area contributed by atoms with E-state index < -0.39 is 0 Å². The minimum absolute atomic E-state index is 0.657. The molecular weight excluding hydrogens is 285 g/mol. The molecule has 0 saturated carbocycles. The summed E-state index contributed by atoms with van der Waals surface area (Å²) in [6, 6.07) is 13.6. The molecule has 0 radical (unpaired) electrons. The summed E-state index contributed by atoms with van der Waals surface area (Å²) in [5, 5.41) is 4.69. The number of nitrogens with one attached hydrogen (secondary N) is 1. The number of thiol groups is 1. The van der Waals surface area contributed by atoms with Crippen molar-refractivity contribution in [2.45, 2.75) is 18.0 Å². The zero-order chi connectivity index (χ0) is 13.0. The molecule has 94 valence electrons. The first-order valence-electron chi connectivity index (χ1n) is 5.58. The summed E-state index contributed by atoms with van der Waals surface area (Å²) in [6.45, 7) is 1.47. The number of halogens is 2. The van der Waals surface area contributed by atoms with Crippen LogP contribution in [0.3, 0.4) is 0 Å². The first-order valence-corrected chi connectivity index (χ1v) is 6.78. The lowest BCUT2D eigenvalue weighted by Gasteiger charge is -2.08. The van der Waals surface area contributed by atoms with Crippen molar-refractivity contribution in [2.24, 2.45) is 0 Å². The third-order valence-corrected chi connectivity index (χ3v) is 3.66. The molecule has 0 aliphatic heterocycles. The Hall–Kier alpha value is -0.670. The van der Waals surface area contributed by atoms with Crippen LogP contribution in [0, 0.1) is 0 Å². The highest BCUT2D eigenvalue weighted by atomic mass is 35.5. The van der Waals surface area contributed by atoms with E-state index in [-0.39, 0.29) is 0 Å². The van der Waals surface area contributed by atoms with Gasteiger partial charge in [0.15, 0.2) is 0 Å². The second-order valence-corrected chi connectivity index (χ2v) is 5.29. The van der Waals surface area contributed by atoms with Crippen molar-refractivity contribution >= 4 is 35.8 Å². The van der Waals surface area contributed by atoms with Crippen molar-refractivity contribution in [1.82, 2.24) is 5.32 Å². The Morgan fingerprint density at radius 3 is 2.39 bits per heavy atom. The molecule has 4 heteroatoms. The molecule has 0 amide bonds. The summed E-state index contributed by atoms with van der Waals surface area (Å²) in [5.41, 5.74) is 2.21. The number of rotatable bonds is 4. The summed E-state index contributed by atoms with van der Waals surface area (Å²) < 4.78 is 0. The maximum atomic E-state index is 6.10. The summed E-state index contributed by atoms with van der Waals surface area (Å²) in [6.07, 6.45) is 0. The van der Waals surface area contributed by atoms with Gasteiger partial charge in [-0.25, -0.2) is 0 Å². The van der Waals surface area contributed by atoms with Crippen molar-refractivity contribution in [3.8, 4) is 0 Å². The molecule has 0 aliphatic rings.